The van der Waals surface area contributed by atoms with Crippen molar-refractivity contribution in [3.05, 3.63) is 182 Å². The highest BCUT2D eigenvalue weighted by atomic mass is 31.2. The summed E-state index contributed by atoms with van der Waals surface area (Å²) >= 11 is 0. The average molecular weight is 1560 g/mol. The molecule has 0 bridgehead atoms. The number of rotatable bonds is 78. The van der Waals surface area contributed by atoms with E-state index < -0.39 is 91.5 Å². The van der Waals surface area contributed by atoms with E-state index in [4.69, 9.17) is 32.3 Å². The molecule has 0 aromatic rings. The number of unbranched alkanes of at least 4 members (excludes halogenated alkanes) is 25. The van der Waals surface area contributed by atoms with Crippen molar-refractivity contribution in [2.45, 2.75) is 334 Å². The Morgan fingerprint density at radius 3 is 0.771 bits per heavy atom. The summed E-state index contributed by atoms with van der Waals surface area (Å²) in [6.07, 6.45) is 106. The van der Waals surface area contributed by atoms with Crippen molar-refractivity contribution in [2.24, 2.45) is 0 Å². The molecule has 620 valence electrons. The van der Waals surface area contributed by atoms with E-state index in [9.17, 15) is 43.5 Å². The maximum absolute atomic E-state index is 13.0. The topological polar surface area (TPSA) is 231 Å². The third kappa shape index (κ3) is 83.4. The van der Waals surface area contributed by atoms with Gasteiger partial charge in [-0.05, 0) is 161 Å². The normalized spacial score (nSPS) is 14.8. The Labute approximate surface area is 662 Å². The number of hydrogen-bond acceptors (Lipinski definition) is 14. The molecule has 0 spiro atoms. The number of esters is 3. The number of aliphatic hydroxyl groups is 2. The van der Waals surface area contributed by atoms with E-state index >= 15 is 0 Å². The number of carbonyl (C=O) groups excluding carboxylic acids is 3. The minimum absolute atomic E-state index is 0.0727. The summed E-state index contributed by atoms with van der Waals surface area (Å²) in [6.45, 7) is 2.38. The number of hydrogen-bond donors (Lipinski definition) is 4. The van der Waals surface area contributed by atoms with Crippen molar-refractivity contribution in [1.29, 1.82) is 0 Å². The smallest absolute Gasteiger partial charge is 0.463 e. The molecule has 0 aliphatic rings. The van der Waals surface area contributed by atoms with Crippen molar-refractivity contribution < 1.29 is 75.8 Å². The van der Waals surface area contributed by atoms with Crippen LogP contribution in [0.5, 0.6) is 0 Å². The summed E-state index contributed by atoms with van der Waals surface area (Å²) in [5, 5.41) is 20.7. The summed E-state index contributed by atoms with van der Waals surface area (Å²) in [5.74, 6) is -1.63. The van der Waals surface area contributed by atoms with Gasteiger partial charge in [-0.25, -0.2) is 9.13 Å². The molecule has 0 radical (unpaired) electrons. The van der Waals surface area contributed by atoms with Crippen LogP contribution in [0.4, 0.5) is 0 Å². The van der Waals surface area contributed by atoms with Crippen molar-refractivity contribution in [3.63, 3.8) is 0 Å². The molecule has 16 nitrogen and oxygen atoms in total. The second kappa shape index (κ2) is 82.1. The van der Waals surface area contributed by atoms with Crippen LogP contribution < -0.4 is 0 Å². The third-order valence-electron chi connectivity index (χ3n) is 17.1. The molecular formula is C91H150O16P2. The Hall–Kier alpha value is -5.35. The Balaban J connectivity index is 4.63. The van der Waals surface area contributed by atoms with Gasteiger partial charge >= 0.3 is 33.6 Å². The van der Waals surface area contributed by atoms with Gasteiger partial charge in [0.25, 0.3) is 0 Å². The first-order chi connectivity index (χ1) is 53.2. The van der Waals surface area contributed by atoms with Gasteiger partial charge in [-0.2, -0.15) is 0 Å². The van der Waals surface area contributed by atoms with Gasteiger partial charge in [-0.3, -0.25) is 32.5 Å². The summed E-state index contributed by atoms with van der Waals surface area (Å²) in [7, 11) is -9.82. The minimum Gasteiger partial charge on any atom is -0.463 e. The van der Waals surface area contributed by atoms with Crippen LogP contribution in [0.1, 0.15) is 316 Å². The lowest BCUT2D eigenvalue weighted by Crippen LogP contribution is -2.30. The molecule has 5 unspecified atom stereocenters. The molecule has 0 aromatic heterocycles. The number of phosphoric ester groups is 2. The number of ether oxygens (including phenoxy) is 3. The molecule has 0 aromatic carbocycles. The van der Waals surface area contributed by atoms with Crippen molar-refractivity contribution >= 4 is 33.6 Å². The van der Waals surface area contributed by atoms with Gasteiger partial charge in [0.2, 0.25) is 0 Å². The van der Waals surface area contributed by atoms with Crippen LogP contribution in [0.25, 0.3) is 0 Å². The molecule has 0 aliphatic carbocycles. The SMILES string of the molecule is CC/C=C\C/C=C\C/C=C\C/C=C\C/C=C\C/C=C\CCCCCCCCCCCCCCC(=O)OCC(O)COP(=O)(O)OCC(O)COP(=O)(O)OCC(COC(=O)CCCCCCC/C=C\C/C=C\C/C=C\C/C=C\C/C=C\CC)OC(=O)CCCCCCC/C=C\C/C=C\C/C=C\C/C=C\CCCCC. The first-order valence-corrected chi connectivity index (χ1v) is 45.1. The lowest BCUT2D eigenvalue weighted by molar-refractivity contribution is -0.161. The monoisotopic (exact) mass is 1560 g/mol. The number of aliphatic hydroxyl groups excluding tert-OH is 2. The molecule has 0 saturated carbocycles. The van der Waals surface area contributed by atoms with E-state index in [1.54, 1.807) is 0 Å². The molecule has 0 amide bonds. The summed E-state index contributed by atoms with van der Waals surface area (Å²) in [5.41, 5.74) is 0. The summed E-state index contributed by atoms with van der Waals surface area (Å²) in [4.78, 5) is 58.8. The van der Waals surface area contributed by atoms with Gasteiger partial charge in [0.15, 0.2) is 6.10 Å². The lowest BCUT2D eigenvalue weighted by Gasteiger charge is -2.21. The Morgan fingerprint density at radius 2 is 0.486 bits per heavy atom. The van der Waals surface area contributed by atoms with Crippen molar-refractivity contribution in [1.82, 2.24) is 0 Å². The summed E-state index contributed by atoms with van der Waals surface area (Å²) < 4.78 is 61.3. The molecule has 0 aliphatic heterocycles. The lowest BCUT2D eigenvalue weighted by atomic mass is 10.0. The van der Waals surface area contributed by atoms with E-state index in [1.807, 2.05) is 0 Å². The maximum Gasteiger partial charge on any atom is 0.472 e. The zero-order chi connectivity index (χ0) is 79.4. The maximum atomic E-state index is 13.0. The minimum atomic E-state index is -4.95. The van der Waals surface area contributed by atoms with E-state index in [0.29, 0.717) is 19.3 Å². The van der Waals surface area contributed by atoms with Crippen LogP contribution in [0.3, 0.4) is 0 Å². The van der Waals surface area contributed by atoms with E-state index in [0.717, 1.165) is 186 Å². The van der Waals surface area contributed by atoms with Crippen LogP contribution in [0.2, 0.25) is 0 Å². The van der Waals surface area contributed by atoms with Crippen LogP contribution >= 0.6 is 15.6 Å². The van der Waals surface area contributed by atoms with E-state index in [1.165, 1.54) is 70.6 Å². The molecule has 0 heterocycles. The first-order valence-electron chi connectivity index (χ1n) is 42.1. The molecule has 4 N–H and O–H groups in total. The Morgan fingerprint density at radius 1 is 0.266 bits per heavy atom. The van der Waals surface area contributed by atoms with E-state index in [2.05, 4.69) is 203 Å². The Kier molecular flexibility index (Phi) is 78.1. The zero-order valence-corrected chi connectivity index (χ0v) is 69.7. The molecule has 109 heavy (non-hydrogen) atoms. The highest BCUT2D eigenvalue weighted by Crippen LogP contribution is 2.45. The van der Waals surface area contributed by atoms with Gasteiger partial charge in [0.05, 0.1) is 26.4 Å². The van der Waals surface area contributed by atoms with Crippen LogP contribution in [-0.4, -0.2) is 95.9 Å². The first kappa shape index (κ1) is 104. The van der Waals surface area contributed by atoms with Crippen LogP contribution in [0.15, 0.2) is 182 Å². The second-order valence-electron chi connectivity index (χ2n) is 27.5. The molecular weight excluding hydrogens is 1410 g/mol. The quantitative estimate of drug-likeness (QED) is 0.0146. The predicted octanol–water partition coefficient (Wildman–Crippen LogP) is 25.3. The highest BCUT2D eigenvalue weighted by Gasteiger charge is 2.29. The summed E-state index contributed by atoms with van der Waals surface area (Å²) in [6, 6.07) is 0. The number of carbonyl (C=O) groups is 3. The van der Waals surface area contributed by atoms with Crippen LogP contribution in [0, 0.1) is 0 Å². The average Bonchev–Trinajstić information content (AvgIpc) is 0.903. The fourth-order valence-corrected chi connectivity index (χ4v) is 12.3. The fraction of sp³-hybridized carbons (Fsp3) is 0.637. The van der Waals surface area contributed by atoms with Crippen LogP contribution in [-0.2, 0) is 55.8 Å². The highest BCUT2D eigenvalue weighted by molar-refractivity contribution is 7.47. The molecule has 0 saturated heterocycles. The van der Waals surface area contributed by atoms with Crippen molar-refractivity contribution in [2.75, 3.05) is 39.6 Å². The Bertz CT molecular complexity index is 2710. The largest absolute Gasteiger partial charge is 0.472 e. The molecule has 18 heteroatoms. The zero-order valence-electron chi connectivity index (χ0n) is 67.9. The van der Waals surface area contributed by atoms with Gasteiger partial charge in [0, 0.05) is 19.3 Å². The predicted molar refractivity (Wildman–Crippen MR) is 454 cm³/mol. The second-order valence-corrected chi connectivity index (χ2v) is 30.4. The van der Waals surface area contributed by atoms with Gasteiger partial charge in [-0.1, -0.05) is 319 Å². The number of phosphoric acid groups is 2. The fourth-order valence-electron chi connectivity index (χ4n) is 10.8. The molecule has 0 fully saturated rings. The number of allylic oxidation sites excluding steroid dienone is 30. The van der Waals surface area contributed by atoms with Gasteiger partial charge in [0.1, 0.15) is 25.4 Å². The van der Waals surface area contributed by atoms with Gasteiger partial charge < -0.3 is 34.2 Å². The standard InChI is InChI=1S/C91H150O16P2/c1-4-7-10-13-16-19-22-25-28-31-34-37-38-39-40-41-42-43-44-45-46-49-51-53-56-59-62-65-68-71-74-77-89(94)101-80-86(92)81-103-108(97,98)104-82-87(93)83-105-109(99,100)106-85-88(107-91(96)79-76-73-70-67-64-61-58-55-52-48-36-33-30-27-24-21-18-15-12-9-6-3)84-102-90(95)78-75-72-69-66-63-60-57-54-50-47-35-32-29-26-23-20-17-14-11-8-5-2/h7-8,10-11,16-21,25-30,34-37,39-40,42-43,47-48,54-55,57-58,86-88,92-93H,4-6,9,12-15,22-24,31-33,38,41,44-46,49-53,56,59-85H2,1-3H3,(H,97,98)(H,99,100)/b10-7-,11-8-,19-16-,20-17-,21-18-,28-25-,29-26-,30-27-,37-34-,40-39-,43-42-,47-35-,48-36-,57-54-,58-55-. The molecule has 0 rings (SSSR count). The van der Waals surface area contributed by atoms with Gasteiger partial charge in [-0.15, -0.1) is 0 Å². The third-order valence-corrected chi connectivity index (χ3v) is 19.0. The van der Waals surface area contributed by atoms with Crippen molar-refractivity contribution in [3.8, 4) is 0 Å². The molecule has 5 atom stereocenters. The van der Waals surface area contributed by atoms with E-state index in [-0.39, 0.29) is 19.3 Å².